The monoisotopic (exact) mass is 131 g/mol. The van der Waals surface area contributed by atoms with Crippen LogP contribution in [0.4, 0.5) is 0 Å². The van der Waals surface area contributed by atoms with E-state index in [2.05, 4.69) is 4.74 Å². The van der Waals surface area contributed by atoms with Crippen LogP contribution < -0.4 is 5.73 Å². The first-order valence-corrected chi connectivity index (χ1v) is 2.93. The van der Waals surface area contributed by atoms with Gasteiger partial charge in [-0.05, 0) is 6.92 Å². The van der Waals surface area contributed by atoms with Crippen LogP contribution in [0.25, 0.3) is 0 Å². The Balaban J connectivity index is 3.72. The maximum absolute atomic E-state index is 10.7. The van der Waals surface area contributed by atoms with Crippen molar-refractivity contribution in [2.75, 3.05) is 7.11 Å². The molecule has 3 heteroatoms. The Labute approximate surface area is 55.2 Å². The van der Waals surface area contributed by atoms with Crippen molar-refractivity contribution < 1.29 is 9.53 Å². The summed E-state index contributed by atoms with van der Waals surface area (Å²) in [7, 11) is 1.36. The van der Waals surface area contributed by atoms with E-state index in [0.717, 1.165) is 0 Å². The smallest absolute Gasteiger partial charge is 0.309 e. The molecule has 0 saturated carbocycles. The fourth-order valence-corrected chi connectivity index (χ4v) is 0.401. The van der Waals surface area contributed by atoms with Gasteiger partial charge in [-0.3, -0.25) is 4.79 Å². The summed E-state index contributed by atoms with van der Waals surface area (Å²) >= 11 is 0. The van der Waals surface area contributed by atoms with E-state index in [4.69, 9.17) is 5.73 Å². The van der Waals surface area contributed by atoms with Crippen LogP contribution >= 0.6 is 0 Å². The molecule has 0 radical (unpaired) electrons. The number of methoxy groups -OCH3 is 1. The molecule has 0 fully saturated rings. The minimum absolute atomic E-state index is 0.127. The molecule has 0 aromatic carbocycles. The molecule has 2 atom stereocenters. The number of nitrogens with two attached hydrogens (primary N) is 1. The molecule has 0 spiro atoms. The Morgan fingerprint density at radius 2 is 2.00 bits per heavy atom. The minimum Gasteiger partial charge on any atom is -0.469 e. The second-order valence-electron chi connectivity index (χ2n) is 2.17. The molecule has 0 aliphatic rings. The van der Waals surface area contributed by atoms with Gasteiger partial charge in [0.15, 0.2) is 0 Å². The van der Waals surface area contributed by atoms with Crippen LogP contribution in [0.15, 0.2) is 0 Å². The van der Waals surface area contributed by atoms with Gasteiger partial charge in [0.2, 0.25) is 0 Å². The van der Waals surface area contributed by atoms with Crippen molar-refractivity contribution in [1.82, 2.24) is 0 Å². The van der Waals surface area contributed by atoms with E-state index in [-0.39, 0.29) is 17.9 Å². The van der Waals surface area contributed by atoms with Gasteiger partial charge in [-0.25, -0.2) is 0 Å². The topological polar surface area (TPSA) is 52.3 Å². The predicted octanol–water partition coefficient (Wildman–Crippen LogP) is 0.143. The molecule has 0 bridgehead atoms. The lowest BCUT2D eigenvalue weighted by molar-refractivity contribution is -0.145. The third kappa shape index (κ3) is 2.46. The van der Waals surface area contributed by atoms with Crippen molar-refractivity contribution >= 4 is 5.97 Å². The first-order valence-electron chi connectivity index (χ1n) is 2.93. The van der Waals surface area contributed by atoms with Gasteiger partial charge in [0.25, 0.3) is 0 Å². The zero-order valence-corrected chi connectivity index (χ0v) is 6.05. The highest BCUT2D eigenvalue weighted by atomic mass is 16.5. The average Bonchev–Trinajstić information content (AvgIpc) is 1.84. The van der Waals surface area contributed by atoms with Crippen LogP contribution in [0.3, 0.4) is 0 Å². The summed E-state index contributed by atoms with van der Waals surface area (Å²) < 4.78 is 4.45. The second-order valence-corrected chi connectivity index (χ2v) is 2.17. The number of carbonyl (C=O) groups is 1. The van der Waals surface area contributed by atoms with Crippen molar-refractivity contribution in [1.29, 1.82) is 0 Å². The molecule has 0 aromatic rings. The lowest BCUT2D eigenvalue weighted by atomic mass is 10.1. The van der Waals surface area contributed by atoms with Gasteiger partial charge < -0.3 is 10.5 Å². The molecule has 0 aliphatic heterocycles. The largest absolute Gasteiger partial charge is 0.469 e. The van der Waals surface area contributed by atoms with E-state index in [1.165, 1.54) is 7.11 Å². The van der Waals surface area contributed by atoms with Crippen molar-refractivity contribution in [3.63, 3.8) is 0 Å². The van der Waals surface area contributed by atoms with Gasteiger partial charge >= 0.3 is 5.97 Å². The minimum atomic E-state index is -0.245. The van der Waals surface area contributed by atoms with Crippen LogP contribution in [0.1, 0.15) is 13.8 Å². The summed E-state index contributed by atoms with van der Waals surface area (Å²) in [6.45, 7) is 3.53. The van der Waals surface area contributed by atoms with Crippen LogP contribution in [0.5, 0.6) is 0 Å². The van der Waals surface area contributed by atoms with Crippen molar-refractivity contribution in [2.45, 2.75) is 19.9 Å². The lowest BCUT2D eigenvalue weighted by Crippen LogP contribution is -2.31. The lowest BCUT2D eigenvalue weighted by Gasteiger charge is -2.11. The summed E-state index contributed by atoms with van der Waals surface area (Å²) in [5.41, 5.74) is 5.41. The Bertz CT molecular complexity index is 101. The third-order valence-corrected chi connectivity index (χ3v) is 1.36. The SMILES string of the molecule is COC(=O)C(C)[C@@H](C)N. The van der Waals surface area contributed by atoms with Crippen LogP contribution in [-0.2, 0) is 9.53 Å². The molecule has 9 heavy (non-hydrogen) atoms. The van der Waals surface area contributed by atoms with E-state index in [9.17, 15) is 4.79 Å². The maximum Gasteiger partial charge on any atom is 0.309 e. The standard InChI is InChI=1S/C6H13NO2/c1-4(5(2)7)6(8)9-3/h4-5H,7H2,1-3H3/t4?,5-/m1/s1. The average molecular weight is 131 g/mol. The van der Waals surface area contributed by atoms with Crippen molar-refractivity contribution in [3.05, 3.63) is 0 Å². The molecular formula is C6H13NO2. The Morgan fingerprint density at radius 1 is 1.56 bits per heavy atom. The zero-order chi connectivity index (χ0) is 7.44. The van der Waals surface area contributed by atoms with Gasteiger partial charge in [0, 0.05) is 6.04 Å². The molecule has 0 amide bonds. The molecule has 3 nitrogen and oxygen atoms in total. The highest BCUT2D eigenvalue weighted by Gasteiger charge is 2.16. The van der Waals surface area contributed by atoms with Crippen molar-refractivity contribution in [2.24, 2.45) is 11.7 Å². The molecule has 2 N–H and O–H groups in total. The van der Waals surface area contributed by atoms with Gasteiger partial charge in [0.05, 0.1) is 13.0 Å². The van der Waals surface area contributed by atoms with Crippen LogP contribution in [0.2, 0.25) is 0 Å². The Morgan fingerprint density at radius 3 is 2.11 bits per heavy atom. The first kappa shape index (κ1) is 8.43. The van der Waals surface area contributed by atoms with E-state index in [1.807, 2.05) is 0 Å². The quantitative estimate of drug-likeness (QED) is 0.542. The molecule has 0 aliphatic carbocycles. The third-order valence-electron chi connectivity index (χ3n) is 1.36. The summed E-state index contributed by atoms with van der Waals surface area (Å²) in [6, 6.07) is -0.127. The second kappa shape index (κ2) is 3.45. The number of hydrogen-bond donors (Lipinski definition) is 1. The van der Waals surface area contributed by atoms with Crippen molar-refractivity contribution in [3.8, 4) is 0 Å². The summed E-state index contributed by atoms with van der Waals surface area (Å²) in [4.78, 5) is 10.7. The number of ether oxygens (including phenoxy) is 1. The first-order chi connectivity index (χ1) is 4.09. The predicted molar refractivity (Wildman–Crippen MR) is 34.8 cm³/mol. The van der Waals surface area contributed by atoms with Gasteiger partial charge in [-0.2, -0.15) is 0 Å². The van der Waals surface area contributed by atoms with E-state index in [0.29, 0.717) is 0 Å². The fraction of sp³-hybridized carbons (Fsp3) is 0.833. The summed E-state index contributed by atoms with van der Waals surface area (Å²) in [5, 5.41) is 0. The number of rotatable bonds is 2. The highest BCUT2D eigenvalue weighted by Crippen LogP contribution is 2.00. The van der Waals surface area contributed by atoms with Gasteiger partial charge in [0.1, 0.15) is 0 Å². The Hall–Kier alpha value is -0.570. The number of hydrogen-bond acceptors (Lipinski definition) is 3. The van der Waals surface area contributed by atoms with Crippen LogP contribution in [-0.4, -0.2) is 19.1 Å². The summed E-state index contributed by atoms with van der Waals surface area (Å²) in [6.07, 6.45) is 0. The summed E-state index contributed by atoms with van der Waals surface area (Å²) in [5.74, 6) is -0.444. The highest BCUT2D eigenvalue weighted by molar-refractivity contribution is 5.72. The molecule has 1 unspecified atom stereocenters. The normalized spacial score (nSPS) is 16.4. The van der Waals surface area contributed by atoms with E-state index < -0.39 is 0 Å². The molecule has 0 saturated heterocycles. The number of esters is 1. The molecule has 0 rings (SSSR count). The van der Waals surface area contributed by atoms with E-state index in [1.54, 1.807) is 13.8 Å². The zero-order valence-electron chi connectivity index (χ0n) is 6.05. The van der Waals surface area contributed by atoms with Crippen LogP contribution in [0, 0.1) is 5.92 Å². The maximum atomic E-state index is 10.7. The van der Waals surface area contributed by atoms with E-state index >= 15 is 0 Å². The fourth-order valence-electron chi connectivity index (χ4n) is 0.401. The molecule has 0 heterocycles. The van der Waals surface area contributed by atoms with Gasteiger partial charge in [-0.15, -0.1) is 0 Å². The number of carbonyl (C=O) groups excluding carboxylic acids is 1. The Kier molecular flexibility index (Phi) is 3.24. The molecular weight excluding hydrogens is 118 g/mol. The van der Waals surface area contributed by atoms with Gasteiger partial charge in [-0.1, -0.05) is 6.92 Å². The molecule has 54 valence electrons. The molecule has 0 aromatic heterocycles.